The molecule has 0 aliphatic rings. The van der Waals surface area contributed by atoms with Crippen molar-refractivity contribution in [2.45, 2.75) is 58.3 Å². The van der Waals surface area contributed by atoms with E-state index in [1.807, 2.05) is 0 Å². The van der Waals surface area contributed by atoms with Gasteiger partial charge in [-0.2, -0.15) is 0 Å². The summed E-state index contributed by atoms with van der Waals surface area (Å²) in [6, 6.07) is 3.44. The predicted octanol–water partition coefficient (Wildman–Crippen LogP) is 3.24. The summed E-state index contributed by atoms with van der Waals surface area (Å²) in [5, 5.41) is 2.91. The number of anilines is 1. The summed E-state index contributed by atoms with van der Waals surface area (Å²) in [5.74, 6) is 5.62. The number of unbranched alkanes of at least 4 members (excludes halogenated alkanes) is 7. The van der Waals surface area contributed by atoms with Gasteiger partial charge in [0.1, 0.15) is 0 Å². The summed E-state index contributed by atoms with van der Waals surface area (Å²) < 4.78 is 0. The molecular weight excluding hydrogens is 264 g/mol. The van der Waals surface area contributed by atoms with Crippen molar-refractivity contribution in [3.63, 3.8) is 0 Å². The van der Waals surface area contributed by atoms with Crippen LogP contribution in [0.4, 0.5) is 5.82 Å². The number of hydrazine groups is 1. The molecule has 5 nitrogen and oxygen atoms in total. The number of rotatable bonds is 11. The normalized spacial score (nSPS) is 10.4. The monoisotopic (exact) mass is 292 g/mol. The molecule has 0 saturated carbocycles. The zero-order valence-corrected chi connectivity index (χ0v) is 13.0. The Hall–Kier alpha value is -1.62. The number of aromatic nitrogens is 1. The maximum Gasteiger partial charge on any atom is 0.255 e. The first-order chi connectivity index (χ1) is 10.3. The number of nitrogens with two attached hydrogens (primary N) is 1. The van der Waals surface area contributed by atoms with Gasteiger partial charge in [0.15, 0.2) is 5.82 Å². The largest absolute Gasteiger partial charge is 0.352 e. The SMILES string of the molecule is CCCCCCCCCCNC(=O)c1cccnc1NN. The fraction of sp³-hybridized carbons (Fsp3) is 0.625. The molecule has 0 aliphatic heterocycles. The quantitative estimate of drug-likeness (QED) is 0.332. The van der Waals surface area contributed by atoms with Gasteiger partial charge in [-0.3, -0.25) is 4.79 Å². The van der Waals surface area contributed by atoms with E-state index in [1.165, 1.54) is 44.9 Å². The molecule has 0 radical (unpaired) electrons. The Bertz CT molecular complexity index is 409. The molecule has 0 atom stereocenters. The van der Waals surface area contributed by atoms with Gasteiger partial charge in [0.05, 0.1) is 5.56 Å². The summed E-state index contributed by atoms with van der Waals surface area (Å²) >= 11 is 0. The first-order valence-electron chi connectivity index (χ1n) is 7.99. The van der Waals surface area contributed by atoms with Gasteiger partial charge in [-0.25, -0.2) is 10.8 Å². The molecule has 0 bridgehead atoms. The minimum Gasteiger partial charge on any atom is -0.352 e. The Morgan fingerprint density at radius 3 is 2.48 bits per heavy atom. The third kappa shape index (κ3) is 7.09. The van der Waals surface area contributed by atoms with E-state index in [4.69, 9.17) is 5.84 Å². The molecule has 0 saturated heterocycles. The van der Waals surface area contributed by atoms with Gasteiger partial charge in [-0.1, -0.05) is 51.9 Å². The molecule has 21 heavy (non-hydrogen) atoms. The summed E-state index contributed by atoms with van der Waals surface area (Å²) in [6.07, 6.45) is 11.7. The molecule has 4 N–H and O–H groups in total. The maximum absolute atomic E-state index is 12.0. The van der Waals surface area contributed by atoms with Crippen LogP contribution in [0.1, 0.15) is 68.6 Å². The number of carbonyl (C=O) groups excluding carboxylic acids is 1. The lowest BCUT2D eigenvalue weighted by atomic mass is 10.1. The standard InChI is InChI=1S/C16H28N4O/c1-2-3-4-5-6-7-8-9-12-19-16(21)14-11-10-13-18-15(14)20-17/h10-11,13H,2-9,12,17H2,1H3,(H,18,20)(H,19,21). The molecule has 0 aromatic carbocycles. The highest BCUT2D eigenvalue weighted by molar-refractivity contribution is 5.98. The molecular formula is C16H28N4O. The summed E-state index contributed by atoms with van der Waals surface area (Å²) in [7, 11) is 0. The van der Waals surface area contributed by atoms with Crippen molar-refractivity contribution in [2.75, 3.05) is 12.0 Å². The Balaban J connectivity index is 2.11. The first kappa shape index (κ1) is 17.4. The van der Waals surface area contributed by atoms with Crippen LogP contribution >= 0.6 is 0 Å². The van der Waals surface area contributed by atoms with Crippen LogP contribution in [0.2, 0.25) is 0 Å². The van der Waals surface area contributed by atoms with E-state index >= 15 is 0 Å². The number of hydrogen-bond acceptors (Lipinski definition) is 4. The lowest BCUT2D eigenvalue weighted by Crippen LogP contribution is -2.26. The first-order valence-corrected chi connectivity index (χ1v) is 7.99. The van der Waals surface area contributed by atoms with Crippen molar-refractivity contribution >= 4 is 11.7 Å². The second-order valence-electron chi connectivity index (χ2n) is 5.27. The van der Waals surface area contributed by atoms with Crippen molar-refractivity contribution in [3.8, 4) is 0 Å². The zero-order valence-electron chi connectivity index (χ0n) is 13.0. The van der Waals surface area contributed by atoms with Crippen molar-refractivity contribution in [1.82, 2.24) is 10.3 Å². The van der Waals surface area contributed by atoms with Crippen LogP contribution in [0.25, 0.3) is 0 Å². The Kier molecular flexibility index (Phi) is 9.20. The zero-order chi connectivity index (χ0) is 15.3. The fourth-order valence-electron chi connectivity index (χ4n) is 2.26. The van der Waals surface area contributed by atoms with E-state index in [2.05, 4.69) is 22.7 Å². The van der Waals surface area contributed by atoms with Crippen molar-refractivity contribution in [3.05, 3.63) is 23.9 Å². The van der Waals surface area contributed by atoms with Gasteiger partial charge in [0.2, 0.25) is 0 Å². The Labute approximate surface area is 127 Å². The number of hydrogen-bond donors (Lipinski definition) is 3. The third-order valence-electron chi connectivity index (χ3n) is 3.50. The van der Waals surface area contributed by atoms with Crippen LogP contribution in [0.5, 0.6) is 0 Å². The number of nitrogens with zero attached hydrogens (tertiary/aromatic N) is 1. The molecule has 1 aromatic heterocycles. The highest BCUT2D eigenvalue weighted by Gasteiger charge is 2.10. The van der Waals surface area contributed by atoms with Crippen molar-refractivity contribution in [1.29, 1.82) is 0 Å². The second-order valence-corrected chi connectivity index (χ2v) is 5.27. The number of carbonyl (C=O) groups is 1. The number of pyridine rings is 1. The van der Waals surface area contributed by atoms with E-state index in [0.717, 1.165) is 6.42 Å². The molecule has 1 rings (SSSR count). The number of amides is 1. The van der Waals surface area contributed by atoms with Crippen LogP contribution in [0.3, 0.4) is 0 Å². The Morgan fingerprint density at radius 1 is 1.14 bits per heavy atom. The highest BCUT2D eigenvalue weighted by atomic mass is 16.1. The van der Waals surface area contributed by atoms with Gasteiger partial charge in [-0.05, 0) is 18.6 Å². The molecule has 1 heterocycles. The van der Waals surface area contributed by atoms with Gasteiger partial charge in [0, 0.05) is 12.7 Å². The van der Waals surface area contributed by atoms with E-state index in [-0.39, 0.29) is 5.91 Å². The lowest BCUT2D eigenvalue weighted by Gasteiger charge is -2.08. The second kappa shape index (κ2) is 11.1. The summed E-state index contributed by atoms with van der Waals surface area (Å²) in [5.41, 5.74) is 2.93. The van der Waals surface area contributed by atoms with Gasteiger partial charge in [0.25, 0.3) is 5.91 Å². The van der Waals surface area contributed by atoms with Crippen molar-refractivity contribution in [2.24, 2.45) is 5.84 Å². The van der Waals surface area contributed by atoms with Crippen molar-refractivity contribution < 1.29 is 4.79 Å². The molecule has 5 heteroatoms. The van der Waals surface area contributed by atoms with Crippen LogP contribution in [0, 0.1) is 0 Å². The third-order valence-corrected chi connectivity index (χ3v) is 3.50. The van der Waals surface area contributed by atoms with Crippen LogP contribution in [-0.4, -0.2) is 17.4 Å². The fourth-order valence-corrected chi connectivity index (χ4v) is 2.26. The molecule has 0 fully saturated rings. The highest BCUT2D eigenvalue weighted by Crippen LogP contribution is 2.10. The number of nitrogen functional groups attached to an aromatic ring is 1. The smallest absolute Gasteiger partial charge is 0.255 e. The van der Waals surface area contributed by atoms with Crippen LogP contribution in [0.15, 0.2) is 18.3 Å². The number of nitrogens with one attached hydrogen (secondary N) is 2. The van der Waals surface area contributed by atoms with E-state index in [1.54, 1.807) is 18.3 Å². The van der Waals surface area contributed by atoms with E-state index in [0.29, 0.717) is 17.9 Å². The lowest BCUT2D eigenvalue weighted by molar-refractivity contribution is 0.0953. The maximum atomic E-state index is 12.0. The average molecular weight is 292 g/mol. The molecule has 0 unspecified atom stereocenters. The minimum atomic E-state index is -0.126. The summed E-state index contributed by atoms with van der Waals surface area (Å²) in [4.78, 5) is 16.0. The van der Waals surface area contributed by atoms with Gasteiger partial charge in [-0.15, -0.1) is 0 Å². The molecule has 1 amide bonds. The molecule has 0 spiro atoms. The topological polar surface area (TPSA) is 80.0 Å². The minimum absolute atomic E-state index is 0.126. The molecule has 0 aliphatic carbocycles. The molecule has 1 aromatic rings. The van der Waals surface area contributed by atoms with E-state index < -0.39 is 0 Å². The van der Waals surface area contributed by atoms with Crippen LogP contribution < -0.4 is 16.6 Å². The van der Waals surface area contributed by atoms with Crippen LogP contribution in [-0.2, 0) is 0 Å². The summed E-state index contributed by atoms with van der Waals surface area (Å²) in [6.45, 7) is 2.93. The predicted molar refractivity (Wildman–Crippen MR) is 87.0 cm³/mol. The van der Waals surface area contributed by atoms with Gasteiger partial charge >= 0.3 is 0 Å². The van der Waals surface area contributed by atoms with E-state index in [9.17, 15) is 4.79 Å². The van der Waals surface area contributed by atoms with Gasteiger partial charge < -0.3 is 10.7 Å². The molecule has 118 valence electrons. The average Bonchev–Trinajstić information content (AvgIpc) is 2.53. The Morgan fingerprint density at radius 2 is 1.81 bits per heavy atom.